The van der Waals surface area contributed by atoms with Crippen LogP contribution in [0, 0.1) is 0 Å². The van der Waals surface area contributed by atoms with Crippen LogP contribution in [-0.2, 0) is 0 Å². The molecule has 8 heteroatoms. The smallest absolute Gasteiger partial charge is 0.237 e. The van der Waals surface area contributed by atoms with Crippen LogP contribution in [0.5, 0.6) is 0 Å². The molecule has 0 radical (unpaired) electrons. The number of anilines is 1. The summed E-state index contributed by atoms with van der Waals surface area (Å²) in [4.78, 5) is 6.52. The second-order valence-corrected chi connectivity index (χ2v) is 9.55. The minimum absolute atomic E-state index is 0.00806. The van der Waals surface area contributed by atoms with E-state index < -0.39 is 11.3 Å². The van der Waals surface area contributed by atoms with E-state index in [9.17, 15) is 0 Å². The van der Waals surface area contributed by atoms with Crippen LogP contribution in [0.4, 0.5) is 10.1 Å². The van der Waals surface area contributed by atoms with E-state index in [1.54, 1.807) is 0 Å². The van der Waals surface area contributed by atoms with Crippen molar-refractivity contribution in [3.63, 3.8) is 0 Å². The topological polar surface area (TPSA) is 42.9 Å². The zero-order valence-corrected chi connectivity index (χ0v) is 17.9. The molecule has 2 heterocycles. The summed E-state index contributed by atoms with van der Waals surface area (Å²) in [5.41, 5.74) is 0.622. The van der Waals surface area contributed by atoms with Crippen molar-refractivity contribution in [2.24, 2.45) is 4.99 Å². The monoisotopic (exact) mass is 415 g/mol. The SMILES string of the molecule is CN1C(C)(C)CC(NC2N(Cl)C(Nc3ccccc3)=NCC2(F)Cl)C1(C)C. The first kappa shape index (κ1) is 20.6. The lowest BCUT2D eigenvalue weighted by Gasteiger charge is -2.43. The third kappa shape index (κ3) is 3.90. The summed E-state index contributed by atoms with van der Waals surface area (Å²) in [6, 6.07) is 9.52. The normalized spacial score (nSPS) is 33.0. The first-order valence-corrected chi connectivity index (χ1v) is 9.86. The molecule has 3 atom stereocenters. The number of benzene rings is 1. The molecule has 2 aliphatic rings. The molecule has 0 bridgehead atoms. The van der Waals surface area contributed by atoms with Gasteiger partial charge in [0.1, 0.15) is 6.17 Å². The molecule has 1 fully saturated rings. The molecule has 1 aromatic carbocycles. The largest absolute Gasteiger partial charge is 0.325 e. The fourth-order valence-electron chi connectivity index (χ4n) is 3.91. The van der Waals surface area contributed by atoms with Crippen LogP contribution in [0.25, 0.3) is 0 Å². The number of likely N-dealkylation sites (tertiary alicyclic amines) is 1. The maximum Gasteiger partial charge on any atom is 0.237 e. The van der Waals surface area contributed by atoms with E-state index >= 15 is 4.39 Å². The van der Waals surface area contributed by atoms with Crippen LogP contribution in [0.2, 0.25) is 0 Å². The van der Waals surface area contributed by atoms with Gasteiger partial charge in [0.15, 0.2) is 0 Å². The average molecular weight is 416 g/mol. The van der Waals surface area contributed by atoms with Crippen LogP contribution in [0.15, 0.2) is 35.3 Å². The highest BCUT2D eigenvalue weighted by Crippen LogP contribution is 2.41. The van der Waals surface area contributed by atoms with E-state index in [0.717, 1.165) is 12.1 Å². The molecule has 2 N–H and O–H groups in total. The van der Waals surface area contributed by atoms with Gasteiger partial charge in [-0.2, -0.15) is 0 Å². The van der Waals surface area contributed by atoms with E-state index in [0.29, 0.717) is 5.96 Å². The van der Waals surface area contributed by atoms with Crippen molar-refractivity contribution in [1.82, 2.24) is 14.6 Å². The molecule has 1 aromatic rings. The summed E-state index contributed by atoms with van der Waals surface area (Å²) < 4.78 is 16.4. The zero-order chi connectivity index (χ0) is 20.0. The second-order valence-electron chi connectivity index (χ2n) is 8.55. The first-order valence-electron chi connectivity index (χ1n) is 9.14. The molecule has 1 saturated heterocycles. The van der Waals surface area contributed by atoms with Crippen LogP contribution in [-0.4, -0.2) is 57.3 Å². The Labute approximate surface area is 171 Å². The minimum atomic E-state index is -2.11. The molecular formula is C19H28Cl2FN5. The van der Waals surface area contributed by atoms with Crippen molar-refractivity contribution >= 4 is 35.0 Å². The number of rotatable bonds is 3. The van der Waals surface area contributed by atoms with Gasteiger partial charge in [-0.25, -0.2) is 13.8 Å². The van der Waals surface area contributed by atoms with Crippen LogP contribution >= 0.6 is 23.4 Å². The molecule has 27 heavy (non-hydrogen) atoms. The Morgan fingerprint density at radius 2 is 1.81 bits per heavy atom. The number of aliphatic imine (C=N–C) groups is 1. The summed E-state index contributed by atoms with van der Waals surface area (Å²) in [7, 11) is 2.09. The Morgan fingerprint density at radius 1 is 1.19 bits per heavy atom. The molecule has 0 amide bonds. The maximum atomic E-state index is 15.1. The number of hydrogen-bond acceptors (Lipinski definition) is 5. The van der Waals surface area contributed by atoms with Gasteiger partial charge < -0.3 is 5.32 Å². The van der Waals surface area contributed by atoms with E-state index in [1.165, 1.54) is 4.42 Å². The van der Waals surface area contributed by atoms with E-state index in [1.807, 2.05) is 30.3 Å². The number of likely N-dealkylation sites (N-methyl/N-ethyl adjacent to an activating group) is 1. The van der Waals surface area contributed by atoms with Crippen LogP contribution in [0.3, 0.4) is 0 Å². The predicted octanol–water partition coefficient (Wildman–Crippen LogP) is 4.01. The predicted molar refractivity (Wildman–Crippen MR) is 111 cm³/mol. The van der Waals surface area contributed by atoms with Gasteiger partial charge >= 0.3 is 0 Å². The molecule has 0 aromatic heterocycles. The number of guanidine groups is 1. The quantitative estimate of drug-likeness (QED) is 0.578. The molecule has 3 rings (SSSR count). The number of para-hydroxylation sites is 1. The van der Waals surface area contributed by atoms with Crippen LogP contribution in [0.1, 0.15) is 34.1 Å². The molecule has 3 unspecified atom stereocenters. The maximum absolute atomic E-state index is 15.1. The van der Waals surface area contributed by atoms with E-state index in [2.05, 4.69) is 55.3 Å². The minimum Gasteiger partial charge on any atom is -0.325 e. The van der Waals surface area contributed by atoms with Crippen molar-refractivity contribution in [3.8, 4) is 0 Å². The first-order chi connectivity index (χ1) is 12.4. The number of nitrogens with one attached hydrogen (secondary N) is 2. The van der Waals surface area contributed by atoms with Gasteiger partial charge in [0, 0.05) is 34.6 Å². The van der Waals surface area contributed by atoms with Gasteiger partial charge in [-0.15, -0.1) is 0 Å². The Morgan fingerprint density at radius 3 is 2.37 bits per heavy atom. The van der Waals surface area contributed by atoms with Gasteiger partial charge in [-0.05, 0) is 53.3 Å². The Hall–Kier alpha value is -1.08. The van der Waals surface area contributed by atoms with Crippen molar-refractivity contribution in [3.05, 3.63) is 30.3 Å². The highest BCUT2D eigenvalue weighted by Gasteiger charge is 2.53. The summed E-state index contributed by atoms with van der Waals surface area (Å²) in [6.45, 7) is 8.47. The third-order valence-electron chi connectivity index (χ3n) is 5.99. The molecular weight excluding hydrogens is 388 g/mol. The lowest BCUT2D eigenvalue weighted by Crippen LogP contribution is -2.64. The van der Waals surface area contributed by atoms with Gasteiger partial charge in [-0.3, -0.25) is 10.2 Å². The van der Waals surface area contributed by atoms with E-state index in [-0.39, 0.29) is 23.7 Å². The van der Waals surface area contributed by atoms with Crippen molar-refractivity contribution in [2.75, 3.05) is 18.9 Å². The van der Waals surface area contributed by atoms with Gasteiger partial charge in [0.25, 0.3) is 0 Å². The van der Waals surface area contributed by atoms with E-state index in [4.69, 9.17) is 23.4 Å². The van der Waals surface area contributed by atoms with Crippen molar-refractivity contribution < 1.29 is 4.39 Å². The second kappa shape index (κ2) is 7.07. The lowest BCUT2D eigenvalue weighted by molar-refractivity contribution is 0.0856. The standard InChI is InChI=1S/C19H28Cl2FN5/c1-17(2)11-14(18(3,4)26(17)5)25-15-19(20,22)12-23-16(27(15)21)24-13-9-7-6-8-10-13/h6-10,14-15,25H,11-12H2,1-5H3,(H,23,24). The highest BCUT2D eigenvalue weighted by molar-refractivity contribution is 6.28. The highest BCUT2D eigenvalue weighted by atomic mass is 35.5. The summed E-state index contributed by atoms with van der Waals surface area (Å²) in [6.07, 6.45) is -0.0698. The average Bonchev–Trinajstić information content (AvgIpc) is 2.75. The number of hydrogen-bond donors (Lipinski definition) is 2. The molecule has 0 spiro atoms. The molecule has 0 saturated carbocycles. The summed E-state index contributed by atoms with van der Waals surface area (Å²) >= 11 is 12.7. The van der Waals surface area contributed by atoms with Gasteiger partial charge in [0.05, 0.1) is 6.54 Å². The fraction of sp³-hybridized carbons (Fsp3) is 0.632. The Kier molecular flexibility index (Phi) is 5.40. The molecule has 150 valence electrons. The van der Waals surface area contributed by atoms with Gasteiger partial charge in [-0.1, -0.05) is 29.8 Å². The van der Waals surface area contributed by atoms with Crippen molar-refractivity contribution in [1.29, 1.82) is 0 Å². The van der Waals surface area contributed by atoms with Crippen LogP contribution < -0.4 is 10.6 Å². The Balaban J connectivity index is 1.81. The molecule has 0 aliphatic carbocycles. The number of alkyl halides is 2. The zero-order valence-electron chi connectivity index (χ0n) is 16.4. The summed E-state index contributed by atoms with van der Waals surface area (Å²) in [5.74, 6) is 0.373. The summed E-state index contributed by atoms with van der Waals surface area (Å²) in [5, 5.41) is 4.41. The van der Waals surface area contributed by atoms with Gasteiger partial charge in [0.2, 0.25) is 11.1 Å². The lowest BCUT2D eigenvalue weighted by atomic mass is 9.93. The Bertz CT molecular complexity index is 707. The third-order valence-corrected chi connectivity index (χ3v) is 6.67. The fourth-order valence-corrected chi connectivity index (χ4v) is 4.48. The van der Waals surface area contributed by atoms with Crippen molar-refractivity contribution in [2.45, 2.75) is 62.5 Å². The number of halogens is 3. The molecule has 2 aliphatic heterocycles. The molecule has 5 nitrogen and oxygen atoms in total. The number of nitrogens with zero attached hydrogens (tertiary/aromatic N) is 3.